The van der Waals surface area contributed by atoms with Crippen molar-refractivity contribution in [1.29, 1.82) is 0 Å². The Hall–Kier alpha value is -3.93. The molecule has 0 N–H and O–H groups in total. The monoisotopic (exact) mass is 546 g/mol. The predicted molar refractivity (Wildman–Crippen MR) is 149 cm³/mol. The summed E-state index contributed by atoms with van der Waals surface area (Å²) in [4.78, 5) is 7.35. The number of likely N-dealkylation sites (N-methyl/N-ethyl adjacent to an activating group) is 1. The van der Waals surface area contributed by atoms with E-state index in [0.29, 0.717) is 55.3 Å². The zero-order chi connectivity index (χ0) is 27.1. The van der Waals surface area contributed by atoms with Crippen LogP contribution in [0.2, 0.25) is 0 Å². The number of nitrogens with zero attached hydrogens (tertiary/aromatic N) is 6. The number of methoxy groups -OCH3 is 1. The highest BCUT2D eigenvalue weighted by Gasteiger charge is 2.29. The third-order valence-electron chi connectivity index (χ3n) is 7.10. The van der Waals surface area contributed by atoms with Crippen LogP contribution in [-0.4, -0.2) is 83.7 Å². The first-order chi connectivity index (χ1) is 18.9. The number of fused-ring (bicyclic) bond motifs is 3. The molecule has 3 aromatic heterocycles. The molecule has 0 atom stereocenters. The first kappa shape index (κ1) is 25.4. The minimum absolute atomic E-state index is 0.228. The van der Waals surface area contributed by atoms with Gasteiger partial charge in [-0.1, -0.05) is 0 Å². The molecular formula is C28H30N6O4S. The Kier molecular flexibility index (Phi) is 6.49. The molecule has 6 rings (SSSR count). The molecule has 1 aliphatic rings. The summed E-state index contributed by atoms with van der Waals surface area (Å²) in [6.07, 6.45) is 3.67. The van der Waals surface area contributed by atoms with Crippen LogP contribution in [0.3, 0.4) is 0 Å². The lowest BCUT2D eigenvalue weighted by atomic mass is 10.1. The number of sulfonamides is 1. The van der Waals surface area contributed by atoms with Gasteiger partial charge < -0.3 is 14.4 Å². The van der Waals surface area contributed by atoms with E-state index in [1.165, 1.54) is 0 Å². The van der Waals surface area contributed by atoms with E-state index in [2.05, 4.69) is 10.00 Å². The number of hydrogen-bond acceptors (Lipinski definition) is 7. The lowest BCUT2D eigenvalue weighted by molar-refractivity contribution is 0.222. The Morgan fingerprint density at radius 2 is 1.77 bits per heavy atom. The Bertz CT molecular complexity index is 1750. The predicted octanol–water partition coefficient (Wildman–Crippen LogP) is 3.68. The maximum atomic E-state index is 13.6. The van der Waals surface area contributed by atoms with Gasteiger partial charge in [-0.15, -0.1) is 0 Å². The van der Waals surface area contributed by atoms with Gasteiger partial charge in [0.25, 0.3) is 0 Å². The molecule has 0 unspecified atom stereocenters. The Balaban J connectivity index is 1.50. The second kappa shape index (κ2) is 9.99. The van der Waals surface area contributed by atoms with Crippen LogP contribution in [0.15, 0.2) is 71.9 Å². The SMILES string of the molecule is CCOc1ccc(S(=O)(=O)N2CCN(C)CC2)cc1-c1nc2cnn(-c3ccc(OC)cc3)c2n2cccc12. The third kappa shape index (κ3) is 4.42. The van der Waals surface area contributed by atoms with Gasteiger partial charge in [-0.05, 0) is 68.6 Å². The molecule has 2 aromatic carbocycles. The summed E-state index contributed by atoms with van der Waals surface area (Å²) in [5.74, 6) is 1.34. The normalized spacial score (nSPS) is 15.3. The molecule has 0 bridgehead atoms. The zero-order valence-electron chi connectivity index (χ0n) is 22.1. The number of rotatable bonds is 7. The van der Waals surface area contributed by atoms with Gasteiger partial charge in [-0.25, -0.2) is 18.1 Å². The number of piperazine rings is 1. The van der Waals surface area contributed by atoms with Gasteiger partial charge in [0, 0.05) is 37.9 Å². The molecule has 0 radical (unpaired) electrons. The first-order valence-electron chi connectivity index (χ1n) is 12.9. The Labute approximate surface area is 227 Å². The van der Waals surface area contributed by atoms with E-state index in [0.717, 1.165) is 22.6 Å². The van der Waals surface area contributed by atoms with E-state index in [4.69, 9.17) is 14.5 Å². The van der Waals surface area contributed by atoms with E-state index >= 15 is 0 Å². The second-order valence-corrected chi connectivity index (χ2v) is 11.4. The quantitative estimate of drug-likeness (QED) is 0.307. The Morgan fingerprint density at radius 1 is 1.00 bits per heavy atom. The van der Waals surface area contributed by atoms with E-state index in [1.54, 1.807) is 35.8 Å². The standard InChI is InChI=1S/C28H30N6O4S/c1-4-38-26-12-11-22(39(35,36)32-16-14-31(2)15-17-32)18-23(26)27-25-6-5-13-33(25)28-24(30-27)19-29-34(28)20-7-9-21(37-3)10-8-20/h5-13,18-19H,4,14-17H2,1-3H3. The molecule has 0 spiro atoms. The number of ether oxygens (including phenoxy) is 2. The largest absolute Gasteiger partial charge is 0.497 e. The van der Waals surface area contributed by atoms with Crippen molar-refractivity contribution in [2.45, 2.75) is 11.8 Å². The van der Waals surface area contributed by atoms with Crippen LogP contribution in [-0.2, 0) is 10.0 Å². The van der Waals surface area contributed by atoms with Gasteiger partial charge in [0.2, 0.25) is 10.0 Å². The molecule has 10 nitrogen and oxygen atoms in total. The summed E-state index contributed by atoms with van der Waals surface area (Å²) in [6.45, 7) is 4.65. The molecular weight excluding hydrogens is 516 g/mol. The van der Waals surface area contributed by atoms with Crippen LogP contribution >= 0.6 is 0 Å². The average molecular weight is 547 g/mol. The van der Waals surface area contributed by atoms with Gasteiger partial charge in [-0.3, -0.25) is 4.40 Å². The summed E-state index contributed by atoms with van der Waals surface area (Å²) in [7, 11) is -0.0437. The fourth-order valence-electron chi connectivity index (χ4n) is 5.00. The van der Waals surface area contributed by atoms with Crippen molar-refractivity contribution in [2.24, 2.45) is 0 Å². The average Bonchev–Trinajstić information content (AvgIpc) is 3.61. The summed E-state index contributed by atoms with van der Waals surface area (Å²) >= 11 is 0. The van der Waals surface area contributed by atoms with E-state index in [-0.39, 0.29) is 4.90 Å². The van der Waals surface area contributed by atoms with Crippen molar-refractivity contribution in [3.05, 3.63) is 67.0 Å². The van der Waals surface area contributed by atoms with Crippen molar-refractivity contribution in [1.82, 2.24) is 28.4 Å². The van der Waals surface area contributed by atoms with E-state index in [1.807, 2.05) is 65.6 Å². The highest BCUT2D eigenvalue weighted by Crippen LogP contribution is 2.36. The Morgan fingerprint density at radius 3 is 2.49 bits per heavy atom. The molecule has 0 aliphatic carbocycles. The molecule has 11 heteroatoms. The third-order valence-corrected chi connectivity index (χ3v) is 8.99. The topological polar surface area (TPSA) is 94.2 Å². The minimum atomic E-state index is -3.68. The van der Waals surface area contributed by atoms with E-state index in [9.17, 15) is 8.42 Å². The fourth-order valence-corrected chi connectivity index (χ4v) is 6.45. The lowest BCUT2D eigenvalue weighted by Crippen LogP contribution is -2.47. The molecule has 202 valence electrons. The molecule has 39 heavy (non-hydrogen) atoms. The van der Waals surface area contributed by atoms with Crippen LogP contribution < -0.4 is 9.47 Å². The van der Waals surface area contributed by atoms with Crippen molar-refractivity contribution in [2.75, 3.05) is 46.9 Å². The summed E-state index contributed by atoms with van der Waals surface area (Å²) in [5, 5.41) is 4.62. The number of hydrogen-bond donors (Lipinski definition) is 0. The van der Waals surface area contributed by atoms with Gasteiger partial charge in [-0.2, -0.15) is 9.40 Å². The van der Waals surface area contributed by atoms with Gasteiger partial charge >= 0.3 is 0 Å². The zero-order valence-corrected chi connectivity index (χ0v) is 22.9. The van der Waals surface area contributed by atoms with Crippen LogP contribution in [0.25, 0.3) is 33.6 Å². The fraction of sp³-hybridized carbons (Fsp3) is 0.286. The van der Waals surface area contributed by atoms with Crippen molar-refractivity contribution >= 4 is 26.7 Å². The molecule has 5 aromatic rings. The van der Waals surface area contributed by atoms with Gasteiger partial charge in [0.1, 0.15) is 17.0 Å². The van der Waals surface area contributed by atoms with Crippen LogP contribution in [0.1, 0.15) is 6.92 Å². The molecule has 0 amide bonds. The lowest BCUT2D eigenvalue weighted by Gasteiger charge is -2.31. The van der Waals surface area contributed by atoms with Crippen LogP contribution in [0.4, 0.5) is 0 Å². The van der Waals surface area contributed by atoms with Crippen LogP contribution in [0, 0.1) is 0 Å². The maximum absolute atomic E-state index is 13.6. The highest BCUT2D eigenvalue weighted by molar-refractivity contribution is 7.89. The number of benzene rings is 2. The van der Waals surface area contributed by atoms with E-state index < -0.39 is 10.0 Å². The van der Waals surface area contributed by atoms with Crippen molar-refractivity contribution < 1.29 is 17.9 Å². The second-order valence-electron chi connectivity index (χ2n) is 9.49. The summed E-state index contributed by atoms with van der Waals surface area (Å²) < 4.78 is 43.8. The first-order valence-corrected chi connectivity index (χ1v) is 14.3. The smallest absolute Gasteiger partial charge is 0.243 e. The van der Waals surface area contributed by atoms with Crippen molar-refractivity contribution in [3.8, 4) is 28.4 Å². The molecule has 1 aliphatic heterocycles. The van der Waals surface area contributed by atoms with Crippen molar-refractivity contribution in [3.63, 3.8) is 0 Å². The van der Waals surface area contributed by atoms with Gasteiger partial charge in [0.15, 0.2) is 5.65 Å². The molecule has 1 fully saturated rings. The summed E-state index contributed by atoms with van der Waals surface area (Å²) in [6, 6.07) is 16.6. The highest BCUT2D eigenvalue weighted by atomic mass is 32.2. The maximum Gasteiger partial charge on any atom is 0.243 e. The van der Waals surface area contributed by atoms with Gasteiger partial charge in [0.05, 0.1) is 41.7 Å². The molecule has 1 saturated heterocycles. The van der Waals surface area contributed by atoms with Crippen LogP contribution in [0.5, 0.6) is 11.5 Å². The minimum Gasteiger partial charge on any atom is -0.497 e. The molecule has 4 heterocycles. The number of aromatic nitrogens is 4. The molecule has 0 saturated carbocycles. The summed E-state index contributed by atoms with van der Waals surface area (Å²) in [5.41, 5.74) is 4.39.